The van der Waals surface area contributed by atoms with Gasteiger partial charge in [0, 0.05) is 43.3 Å². The minimum Gasteiger partial charge on any atom is -0.396 e. The SMILES string of the molecule is O=C(c1cn(CCCO)c2ccccc12)N1CCOCC1. The number of rotatable bonds is 4. The Morgan fingerprint density at radius 3 is 2.76 bits per heavy atom. The van der Waals surface area contributed by atoms with Crippen LogP contribution in [-0.2, 0) is 11.3 Å². The van der Waals surface area contributed by atoms with Crippen molar-refractivity contribution in [3.8, 4) is 0 Å². The highest BCUT2D eigenvalue weighted by molar-refractivity contribution is 6.07. The molecule has 3 rings (SSSR count). The van der Waals surface area contributed by atoms with E-state index in [4.69, 9.17) is 9.84 Å². The molecule has 0 aliphatic carbocycles. The summed E-state index contributed by atoms with van der Waals surface area (Å²) in [6.07, 6.45) is 2.60. The van der Waals surface area contributed by atoms with Crippen molar-refractivity contribution in [2.75, 3.05) is 32.9 Å². The van der Waals surface area contributed by atoms with Crippen LogP contribution in [-0.4, -0.2) is 53.4 Å². The van der Waals surface area contributed by atoms with Gasteiger partial charge in [0.2, 0.25) is 0 Å². The monoisotopic (exact) mass is 288 g/mol. The highest BCUT2D eigenvalue weighted by Gasteiger charge is 2.22. The Kier molecular flexibility index (Phi) is 4.22. The fraction of sp³-hybridized carbons (Fsp3) is 0.438. The first-order valence-electron chi connectivity index (χ1n) is 7.37. The first-order valence-corrected chi connectivity index (χ1v) is 7.37. The number of amides is 1. The van der Waals surface area contributed by atoms with Crippen molar-refractivity contribution in [2.24, 2.45) is 0 Å². The van der Waals surface area contributed by atoms with E-state index in [0.717, 1.165) is 16.5 Å². The smallest absolute Gasteiger partial charge is 0.256 e. The van der Waals surface area contributed by atoms with Gasteiger partial charge in [0.15, 0.2) is 0 Å². The van der Waals surface area contributed by atoms with Gasteiger partial charge in [-0.1, -0.05) is 18.2 Å². The van der Waals surface area contributed by atoms with Crippen LogP contribution in [0.15, 0.2) is 30.5 Å². The van der Waals surface area contributed by atoms with Crippen molar-refractivity contribution in [1.29, 1.82) is 0 Å². The number of aryl methyl sites for hydroxylation is 1. The molecule has 1 fully saturated rings. The van der Waals surface area contributed by atoms with Crippen molar-refractivity contribution in [1.82, 2.24) is 9.47 Å². The molecule has 1 aromatic heterocycles. The lowest BCUT2D eigenvalue weighted by molar-refractivity contribution is 0.0304. The minimum absolute atomic E-state index is 0.0669. The molecular weight excluding hydrogens is 268 g/mol. The highest BCUT2D eigenvalue weighted by atomic mass is 16.5. The number of hydrogen-bond donors (Lipinski definition) is 1. The number of aliphatic hydroxyl groups excluding tert-OH is 1. The molecule has 5 heteroatoms. The Morgan fingerprint density at radius 1 is 1.24 bits per heavy atom. The normalized spacial score (nSPS) is 15.6. The third-order valence-electron chi connectivity index (χ3n) is 3.87. The predicted molar refractivity (Wildman–Crippen MR) is 80.4 cm³/mol. The molecule has 1 N–H and O–H groups in total. The maximum Gasteiger partial charge on any atom is 0.256 e. The molecule has 1 amide bonds. The number of benzene rings is 1. The molecule has 2 aromatic rings. The molecular formula is C16H20N2O3. The summed E-state index contributed by atoms with van der Waals surface area (Å²) < 4.78 is 7.36. The molecule has 112 valence electrons. The largest absolute Gasteiger partial charge is 0.396 e. The fourth-order valence-electron chi connectivity index (χ4n) is 2.78. The number of para-hydroxylation sites is 1. The molecule has 2 heterocycles. The molecule has 1 aliphatic rings. The standard InChI is InChI=1S/C16H20N2O3/c19-9-3-6-18-12-14(13-4-1-2-5-15(13)18)16(20)17-7-10-21-11-8-17/h1-2,4-5,12,19H,3,6-11H2. The molecule has 0 unspecified atom stereocenters. The second-order valence-corrected chi connectivity index (χ2v) is 5.24. The second-order valence-electron chi connectivity index (χ2n) is 5.24. The van der Waals surface area contributed by atoms with Crippen molar-refractivity contribution >= 4 is 16.8 Å². The summed E-state index contributed by atoms with van der Waals surface area (Å²) in [5.74, 6) is 0.0669. The molecule has 0 radical (unpaired) electrons. The van der Waals surface area contributed by atoms with E-state index in [9.17, 15) is 4.79 Å². The Bertz CT molecular complexity index is 629. The van der Waals surface area contributed by atoms with E-state index in [1.54, 1.807) is 0 Å². The van der Waals surface area contributed by atoms with Gasteiger partial charge in [-0.15, -0.1) is 0 Å². The maximum atomic E-state index is 12.7. The van der Waals surface area contributed by atoms with Crippen LogP contribution in [0, 0.1) is 0 Å². The van der Waals surface area contributed by atoms with Gasteiger partial charge >= 0.3 is 0 Å². The van der Waals surface area contributed by atoms with Gasteiger partial charge in [0.1, 0.15) is 0 Å². The van der Waals surface area contributed by atoms with Gasteiger partial charge in [-0.25, -0.2) is 0 Å². The lowest BCUT2D eigenvalue weighted by Gasteiger charge is -2.26. The summed E-state index contributed by atoms with van der Waals surface area (Å²) in [5.41, 5.74) is 1.79. The molecule has 21 heavy (non-hydrogen) atoms. The zero-order valence-corrected chi connectivity index (χ0v) is 12.0. The van der Waals surface area contributed by atoms with Crippen molar-refractivity contribution in [3.05, 3.63) is 36.0 Å². The quantitative estimate of drug-likeness (QED) is 0.927. The van der Waals surface area contributed by atoms with Crippen LogP contribution >= 0.6 is 0 Å². The summed E-state index contributed by atoms with van der Waals surface area (Å²) in [7, 11) is 0. The summed E-state index contributed by atoms with van der Waals surface area (Å²) in [6.45, 7) is 3.38. The number of ether oxygens (including phenoxy) is 1. The number of hydrogen-bond acceptors (Lipinski definition) is 3. The van der Waals surface area contributed by atoms with Gasteiger partial charge in [-0.2, -0.15) is 0 Å². The molecule has 1 saturated heterocycles. The van der Waals surface area contributed by atoms with E-state index in [-0.39, 0.29) is 12.5 Å². The fourth-order valence-corrected chi connectivity index (χ4v) is 2.78. The van der Waals surface area contributed by atoms with E-state index >= 15 is 0 Å². The molecule has 5 nitrogen and oxygen atoms in total. The van der Waals surface area contributed by atoms with Gasteiger partial charge < -0.3 is 19.3 Å². The van der Waals surface area contributed by atoms with Crippen LogP contribution in [0.1, 0.15) is 16.8 Å². The van der Waals surface area contributed by atoms with E-state index in [1.807, 2.05) is 35.4 Å². The number of aliphatic hydroxyl groups is 1. The predicted octanol–water partition coefficient (Wildman–Crippen LogP) is 1.50. The number of carbonyl (C=O) groups excluding carboxylic acids is 1. The van der Waals surface area contributed by atoms with Gasteiger partial charge in [-0.05, 0) is 12.5 Å². The number of fused-ring (bicyclic) bond motifs is 1. The van der Waals surface area contributed by atoms with Gasteiger partial charge in [-0.3, -0.25) is 4.79 Å². The van der Waals surface area contributed by atoms with E-state index in [2.05, 4.69) is 4.57 Å². The summed E-state index contributed by atoms with van der Waals surface area (Å²) >= 11 is 0. The van der Waals surface area contributed by atoms with Crippen LogP contribution in [0.2, 0.25) is 0 Å². The molecule has 0 saturated carbocycles. The van der Waals surface area contributed by atoms with Gasteiger partial charge in [0.25, 0.3) is 5.91 Å². The topological polar surface area (TPSA) is 54.7 Å². The number of morpholine rings is 1. The Balaban J connectivity index is 1.95. The molecule has 0 atom stereocenters. The summed E-state index contributed by atoms with van der Waals surface area (Å²) in [6, 6.07) is 7.93. The molecule has 1 aliphatic heterocycles. The molecule has 0 spiro atoms. The number of nitrogens with zero attached hydrogens (tertiary/aromatic N) is 2. The third kappa shape index (κ3) is 2.80. The lowest BCUT2D eigenvalue weighted by Crippen LogP contribution is -2.40. The van der Waals surface area contributed by atoms with Crippen LogP contribution in [0.25, 0.3) is 10.9 Å². The third-order valence-corrected chi connectivity index (χ3v) is 3.87. The average molecular weight is 288 g/mol. The van der Waals surface area contributed by atoms with Crippen LogP contribution in [0.4, 0.5) is 0 Å². The first kappa shape index (κ1) is 14.1. The molecule has 0 bridgehead atoms. The summed E-state index contributed by atoms with van der Waals surface area (Å²) in [4.78, 5) is 14.6. The van der Waals surface area contributed by atoms with Crippen molar-refractivity contribution in [3.63, 3.8) is 0 Å². The number of aromatic nitrogens is 1. The molecule has 1 aromatic carbocycles. The van der Waals surface area contributed by atoms with E-state index < -0.39 is 0 Å². The van der Waals surface area contributed by atoms with Crippen LogP contribution in [0.3, 0.4) is 0 Å². The zero-order chi connectivity index (χ0) is 14.7. The second kappa shape index (κ2) is 6.28. The van der Waals surface area contributed by atoms with E-state index in [1.165, 1.54) is 0 Å². The Hall–Kier alpha value is -1.85. The minimum atomic E-state index is 0.0669. The average Bonchev–Trinajstić information content (AvgIpc) is 2.92. The van der Waals surface area contributed by atoms with Crippen LogP contribution in [0.5, 0.6) is 0 Å². The van der Waals surface area contributed by atoms with E-state index in [0.29, 0.717) is 39.3 Å². The Labute approximate surface area is 123 Å². The van der Waals surface area contributed by atoms with Crippen molar-refractivity contribution in [2.45, 2.75) is 13.0 Å². The Morgan fingerprint density at radius 2 is 2.00 bits per heavy atom. The van der Waals surface area contributed by atoms with Crippen LogP contribution < -0.4 is 0 Å². The lowest BCUT2D eigenvalue weighted by atomic mass is 10.1. The van der Waals surface area contributed by atoms with Crippen molar-refractivity contribution < 1.29 is 14.6 Å². The maximum absolute atomic E-state index is 12.7. The highest BCUT2D eigenvalue weighted by Crippen LogP contribution is 2.23. The van der Waals surface area contributed by atoms with Gasteiger partial charge in [0.05, 0.1) is 18.8 Å². The first-order chi connectivity index (χ1) is 10.3. The zero-order valence-electron chi connectivity index (χ0n) is 12.0. The summed E-state index contributed by atoms with van der Waals surface area (Å²) in [5, 5.41) is 10.00. The number of carbonyl (C=O) groups is 1.